The molecule has 0 aliphatic rings. The molecular weight excluding hydrogens is 464 g/mol. The van der Waals surface area contributed by atoms with Gasteiger partial charge in [0, 0.05) is 44.8 Å². The van der Waals surface area contributed by atoms with Gasteiger partial charge in [0.2, 0.25) is 0 Å². The van der Waals surface area contributed by atoms with Crippen LogP contribution in [0, 0.1) is 0 Å². The first-order valence-corrected chi connectivity index (χ1v) is 10.3. The molecule has 0 saturated carbocycles. The van der Waals surface area contributed by atoms with Gasteiger partial charge in [0.15, 0.2) is 5.69 Å². The van der Waals surface area contributed by atoms with Crippen LogP contribution in [-0.2, 0) is 6.18 Å². The van der Waals surface area contributed by atoms with Gasteiger partial charge in [-0.3, -0.25) is 4.98 Å². The fraction of sp³-hybridized carbons (Fsp3) is 0.375. The van der Waals surface area contributed by atoms with Gasteiger partial charge in [-0.05, 0) is 32.3 Å². The molecule has 15 heteroatoms. The zero-order valence-corrected chi connectivity index (χ0v) is 17.7. The molecule has 31 heavy (non-hydrogen) atoms. The quantitative estimate of drug-likeness (QED) is 0.371. The Hall–Kier alpha value is -2.34. The Bertz CT molecular complexity index is 890. The second-order valence-electron chi connectivity index (χ2n) is 6.85. The van der Waals surface area contributed by atoms with Crippen molar-refractivity contribution in [3.05, 3.63) is 42.5 Å². The summed E-state index contributed by atoms with van der Waals surface area (Å²) in [6.45, 7) is 0.435. The standard InChI is InChI=1S/C16H20F3N5.F6P/c1-22(2)10-13(11-23(3)4)24-14(12-6-5-7-20-9-12)8-15(21-24)16(17,18)19;1-7(2,3,4,5)6/h5-10H,11H2,1-4H3;/q;-1/b13-10-;. The van der Waals surface area contributed by atoms with Crippen molar-refractivity contribution in [2.24, 2.45) is 0 Å². The molecule has 0 radical (unpaired) electrons. The van der Waals surface area contributed by atoms with Crippen LogP contribution in [0.3, 0.4) is 0 Å². The van der Waals surface area contributed by atoms with Crippen molar-refractivity contribution in [1.29, 1.82) is 0 Å². The van der Waals surface area contributed by atoms with Crippen LogP contribution >= 0.6 is 7.81 Å². The molecule has 2 aromatic heterocycles. The van der Waals surface area contributed by atoms with E-state index in [4.69, 9.17) is 0 Å². The Balaban J connectivity index is 0.000000592. The molecule has 0 aliphatic heterocycles. The number of aromatic nitrogens is 3. The molecule has 5 nitrogen and oxygen atoms in total. The zero-order chi connectivity index (χ0) is 24.3. The normalized spacial score (nSPS) is 15.1. The molecule has 0 spiro atoms. The van der Waals surface area contributed by atoms with E-state index in [-0.39, 0.29) is 0 Å². The summed E-state index contributed by atoms with van der Waals surface area (Å²) in [6, 6.07) is 4.45. The third-order valence-corrected chi connectivity index (χ3v) is 3.11. The summed E-state index contributed by atoms with van der Waals surface area (Å²) in [6.07, 6.45) is 0.346. The molecule has 2 rings (SSSR count). The molecule has 0 amide bonds. The Labute approximate surface area is 172 Å². The molecule has 0 unspecified atom stereocenters. The summed E-state index contributed by atoms with van der Waals surface area (Å²) >= 11 is 0. The summed E-state index contributed by atoms with van der Waals surface area (Å²) < 4.78 is 100.0. The van der Waals surface area contributed by atoms with Crippen LogP contribution in [0.1, 0.15) is 5.69 Å². The first-order valence-electron chi connectivity index (χ1n) is 8.30. The van der Waals surface area contributed by atoms with Gasteiger partial charge >= 0.3 is 39.2 Å². The SMILES string of the molecule is CN(C)/C=C(/CN(C)C)n1nc(C(F)(F)F)cc1-c1cccnc1.F[P-](F)(F)(F)(F)F. The monoisotopic (exact) mass is 484 g/mol. The van der Waals surface area contributed by atoms with Crippen LogP contribution in [0.5, 0.6) is 0 Å². The molecule has 178 valence electrons. The summed E-state index contributed by atoms with van der Waals surface area (Å²) in [4.78, 5) is 7.64. The average Bonchev–Trinajstić information content (AvgIpc) is 2.96. The summed E-state index contributed by atoms with van der Waals surface area (Å²) in [5.74, 6) is 0. The third kappa shape index (κ3) is 11.6. The maximum atomic E-state index is 13.2. The van der Waals surface area contributed by atoms with Crippen molar-refractivity contribution in [1.82, 2.24) is 24.6 Å². The molecule has 0 bridgehead atoms. The van der Waals surface area contributed by atoms with Crippen LogP contribution in [-0.4, -0.2) is 59.3 Å². The Morgan fingerprint density at radius 2 is 1.61 bits per heavy atom. The zero-order valence-electron chi connectivity index (χ0n) is 16.8. The second-order valence-corrected chi connectivity index (χ2v) is 8.76. The van der Waals surface area contributed by atoms with E-state index in [1.165, 1.54) is 10.9 Å². The molecule has 0 saturated heterocycles. The van der Waals surface area contributed by atoms with E-state index in [0.717, 1.165) is 6.07 Å². The minimum absolute atomic E-state index is 0.352. The van der Waals surface area contributed by atoms with Crippen LogP contribution < -0.4 is 0 Å². The van der Waals surface area contributed by atoms with Crippen LogP contribution in [0.2, 0.25) is 0 Å². The van der Waals surface area contributed by atoms with Gasteiger partial charge in [-0.15, -0.1) is 0 Å². The van der Waals surface area contributed by atoms with Crippen molar-refractivity contribution in [3.8, 4) is 11.3 Å². The van der Waals surface area contributed by atoms with Crippen LogP contribution in [0.15, 0.2) is 36.8 Å². The van der Waals surface area contributed by atoms with Crippen LogP contribution in [0.25, 0.3) is 17.0 Å². The van der Waals surface area contributed by atoms with Gasteiger partial charge in [0.25, 0.3) is 0 Å². The minimum atomic E-state index is -10.7. The summed E-state index contributed by atoms with van der Waals surface area (Å²) in [5, 5.41) is 3.81. The van der Waals surface area contributed by atoms with Gasteiger partial charge in [-0.2, -0.15) is 18.3 Å². The van der Waals surface area contributed by atoms with Gasteiger partial charge in [-0.1, -0.05) is 0 Å². The molecule has 0 aliphatic carbocycles. The first kappa shape index (κ1) is 26.7. The van der Waals surface area contributed by atoms with E-state index in [1.807, 2.05) is 33.1 Å². The fourth-order valence-corrected chi connectivity index (χ4v) is 2.24. The van der Waals surface area contributed by atoms with Gasteiger partial charge in [-0.25, -0.2) is 4.68 Å². The number of nitrogens with zero attached hydrogens (tertiary/aromatic N) is 5. The number of pyridine rings is 1. The predicted molar refractivity (Wildman–Crippen MR) is 101 cm³/mol. The maximum absolute atomic E-state index is 13.2. The molecule has 0 N–H and O–H groups in total. The number of hydrogen-bond acceptors (Lipinski definition) is 4. The number of rotatable bonds is 5. The van der Waals surface area contributed by atoms with Crippen molar-refractivity contribution < 1.29 is 38.4 Å². The Morgan fingerprint density at radius 1 is 1.06 bits per heavy atom. The second kappa shape index (κ2) is 8.30. The fourth-order valence-electron chi connectivity index (χ4n) is 2.24. The summed E-state index contributed by atoms with van der Waals surface area (Å²) in [7, 11) is -3.33. The number of alkyl halides is 3. The van der Waals surface area contributed by atoms with Gasteiger partial charge in [0.05, 0.1) is 11.4 Å². The molecular formula is C16H20F9N5P-. The van der Waals surface area contributed by atoms with Crippen molar-refractivity contribution in [3.63, 3.8) is 0 Å². The number of hydrogen-bond donors (Lipinski definition) is 0. The van der Waals surface area contributed by atoms with Gasteiger partial charge in [0.1, 0.15) is 0 Å². The molecule has 0 fully saturated rings. The van der Waals surface area contributed by atoms with Crippen molar-refractivity contribution in [2.45, 2.75) is 6.18 Å². The predicted octanol–water partition coefficient (Wildman–Crippen LogP) is 6.27. The van der Waals surface area contributed by atoms with E-state index in [9.17, 15) is 38.4 Å². The average molecular weight is 484 g/mol. The van der Waals surface area contributed by atoms with E-state index in [2.05, 4.69) is 10.1 Å². The van der Waals surface area contributed by atoms with E-state index in [0.29, 0.717) is 23.5 Å². The molecule has 0 aromatic carbocycles. The van der Waals surface area contributed by atoms with Crippen molar-refractivity contribution in [2.75, 3.05) is 34.7 Å². The number of likely N-dealkylation sites (N-methyl/N-ethyl adjacent to an activating group) is 1. The van der Waals surface area contributed by atoms with E-state index in [1.54, 1.807) is 29.4 Å². The first-order chi connectivity index (χ1) is 13.6. The topological polar surface area (TPSA) is 37.2 Å². The third-order valence-electron chi connectivity index (χ3n) is 3.11. The van der Waals surface area contributed by atoms with E-state index < -0.39 is 19.7 Å². The van der Waals surface area contributed by atoms with E-state index >= 15 is 0 Å². The van der Waals surface area contributed by atoms with Crippen molar-refractivity contribution >= 4 is 13.5 Å². The number of halogens is 9. The molecule has 2 aromatic rings. The van der Waals surface area contributed by atoms with Crippen LogP contribution in [0.4, 0.5) is 38.4 Å². The molecule has 2 heterocycles. The van der Waals surface area contributed by atoms with Gasteiger partial charge < -0.3 is 9.80 Å². The summed E-state index contributed by atoms with van der Waals surface area (Å²) in [5.41, 5.74) is 0.624. The Morgan fingerprint density at radius 3 is 2.00 bits per heavy atom. The molecule has 0 atom stereocenters. The Kier molecular flexibility index (Phi) is 7.15.